The quantitative estimate of drug-likeness (QED) is 0.420. The third-order valence-corrected chi connectivity index (χ3v) is 8.60. The van der Waals surface area contributed by atoms with Gasteiger partial charge in [0.1, 0.15) is 11.9 Å². The second kappa shape index (κ2) is 12.8. The molecule has 1 heterocycles. The van der Waals surface area contributed by atoms with Crippen LogP contribution in [0.15, 0.2) is 53.4 Å². The van der Waals surface area contributed by atoms with Crippen molar-refractivity contribution in [2.75, 3.05) is 51.8 Å². The van der Waals surface area contributed by atoms with Gasteiger partial charge in [0.05, 0.1) is 36.5 Å². The predicted octanol–water partition coefficient (Wildman–Crippen LogP) is 3.37. The van der Waals surface area contributed by atoms with Crippen molar-refractivity contribution in [3.05, 3.63) is 59.7 Å². The van der Waals surface area contributed by atoms with Crippen LogP contribution in [0.4, 0.5) is 0 Å². The molecule has 8 heteroatoms. The maximum atomic E-state index is 12.7. The number of benzene rings is 2. The summed E-state index contributed by atoms with van der Waals surface area (Å²) in [6.45, 7) is 4.49. The maximum Gasteiger partial charge on any atom is 0.178 e. The van der Waals surface area contributed by atoms with Crippen molar-refractivity contribution in [1.82, 2.24) is 4.90 Å². The molecule has 0 amide bonds. The Hall–Kier alpha value is -1.97. The summed E-state index contributed by atoms with van der Waals surface area (Å²) in [5.74, 6) is 0.748. The monoisotopic (exact) mass is 502 g/mol. The third-order valence-electron chi connectivity index (χ3n) is 6.78. The number of hydrogen-bond acceptors (Lipinski definition) is 7. The summed E-state index contributed by atoms with van der Waals surface area (Å²) in [4.78, 5) is 2.88. The molecule has 0 spiro atoms. The van der Waals surface area contributed by atoms with Gasteiger partial charge in [0.25, 0.3) is 0 Å². The summed E-state index contributed by atoms with van der Waals surface area (Å²) in [6, 6.07) is 15.7. The molecule has 0 radical (unpaired) electrons. The number of piperidine rings is 1. The molecule has 35 heavy (non-hydrogen) atoms. The Labute approximate surface area is 209 Å². The van der Waals surface area contributed by atoms with E-state index in [9.17, 15) is 8.42 Å². The van der Waals surface area contributed by atoms with E-state index < -0.39 is 9.84 Å². The summed E-state index contributed by atoms with van der Waals surface area (Å²) in [5.41, 5.74) is 7.95. The summed E-state index contributed by atoms with van der Waals surface area (Å²) in [6.07, 6.45) is 5.16. The fourth-order valence-electron chi connectivity index (χ4n) is 5.00. The van der Waals surface area contributed by atoms with E-state index in [1.54, 1.807) is 24.3 Å². The Morgan fingerprint density at radius 1 is 0.886 bits per heavy atom. The van der Waals surface area contributed by atoms with Gasteiger partial charge in [-0.15, -0.1) is 0 Å². The number of hydrogen-bond donors (Lipinski definition) is 1. The minimum atomic E-state index is -3.37. The number of ether oxygens (including phenoxy) is 3. The molecule has 4 rings (SSSR count). The minimum absolute atomic E-state index is 0.0438. The predicted molar refractivity (Wildman–Crippen MR) is 137 cm³/mol. The van der Waals surface area contributed by atoms with Gasteiger partial charge < -0.3 is 19.9 Å². The number of nitrogens with zero attached hydrogens (tertiary/aromatic N) is 1. The molecule has 2 atom stereocenters. The van der Waals surface area contributed by atoms with E-state index in [0.29, 0.717) is 56.1 Å². The van der Waals surface area contributed by atoms with Gasteiger partial charge in [-0.25, -0.2) is 8.42 Å². The van der Waals surface area contributed by atoms with Crippen LogP contribution >= 0.6 is 0 Å². The zero-order valence-corrected chi connectivity index (χ0v) is 21.3. The summed E-state index contributed by atoms with van der Waals surface area (Å²) in [5, 5.41) is 0. The molecule has 1 aliphatic carbocycles. The zero-order valence-electron chi connectivity index (χ0n) is 20.4. The molecule has 0 unspecified atom stereocenters. The largest absolute Gasteiger partial charge is 0.484 e. The lowest BCUT2D eigenvalue weighted by molar-refractivity contribution is 0.0512. The normalized spacial score (nSPS) is 20.6. The molecular weight excluding hydrogens is 464 g/mol. The molecule has 2 N–H and O–H groups in total. The van der Waals surface area contributed by atoms with Gasteiger partial charge in [-0.1, -0.05) is 30.7 Å². The van der Waals surface area contributed by atoms with E-state index in [-0.39, 0.29) is 11.9 Å². The van der Waals surface area contributed by atoms with E-state index in [1.807, 2.05) is 0 Å². The van der Waals surface area contributed by atoms with Gasteiger partial charge in [-0.3, -0.25) is 4.90 Å². The molecule has 2 aliphatic rings. The summed E-state index contributed by atoms with van der Waals surface area (Å²) >= 11 is 0. The molecule has 2 aromatic rings. The molecule has 192 valence electrons. The van der Waals surface area contributed by atoms with Crippen LogP contribution in [0.25, 0.3) is 0 Å². The van der Waals surface area contributed by atoms with Crippen LogP contribution in [-0.2, 0) is 25.7 Å². The molecule has 1 fully saturated rings. The second-order valence-corrected chi connectivity index (χ2v) is 11.4. The highest BCUT2D eigenvalue weighted by molar-refractivity contribution is 7.91. The van der Waals surface area contributed by atoms with E-state index >= 15 is 0 Å². The zero-order chi connectivity index (χ0) is 24.5. The molecule has 1 saturated heterocycles. The summed E-state index contributed by atoms with van der Waals surface area (Å²) in [7, 11) is -3.37. The standard InChI is InChI=1S/C27H38N2O5S/c28-13-17-33-19-18-32-16-6-20-35(30,31)24-11-9-23(10-12-24)34-27-25-8-3-2-7-22(25)21-26(27)29-14-4-1-5-15-29/h2-3,7-12,26-27H,1,4-6,13-21,28H2/t26-,27-/m0/s1. The maximum absolute atomic E-state index is 12.7. The number of rotatable bonds is 13. The van der Waals surface area contributed by atoms with E-state index in [2.05, 4.69) is 29.2 Å². The van der Waals surface area contributed by atoms with E-state index in [0.717, 1.165) is 19.5 Å². The molecule has 7 nitrogen and oxygen atoms in total. The summed E-state index contributed by atoms with van der Waals surface area (Å²) < 4.78 is 42.7. The average molecular weight is 503 g/mol. The Morgan fingerprint density at radius 2 is 1.60 bits per heavy atom. The van der Waals surface area contributed by atoms with Crippen LogP contribution in [0.5, 0.6) is 5.75 Å². The third kappa shape index (κ3) is 7.05. The lowest BCUT2D eigenvalue weighted by Crippen LogP contribution is -2.43. The van der Waals surface area contributed by atoms with Crippen LogP contribution in [-0.4, -0.2) is 71.2 Å². The molecule has 0 bridgehead atoms. The fraction of sp³-hybridized carbons (Fsp3) is 0.556. The Bertz CT molecular complexity index is 1020. The van der Waals surface area contributed by atoms with Crippen molar-refractivity contribution in [1.29, 1.82) is 0 Å². The number of sulfone groups is 1. The lowest BCUT2D eigenvalue weighted by Gasteiger charge is -2.35. The molecule has 0 aromatic heterocycles. The van der Waals surface area contributed by atoms with Crippen LogP contribution in [0, 0.1) is 0 Å². The first-order valence-electron chi connectivity index (χ1n) is 12.8. The Kier molecular flexibility index (Phi) is 9.57. The highest BCUT2D eigenvalue weighted by Gasteiger charge is 2.38. The molecular formula is C27H38N2O5S. The Balaban J connectivity index is 1.33. The fourth-order valence-corrected chi connectivity index (χ4v) is 6.28. The van der Waals surface area contributed by atoms with Crippen LogP contribution in [0.2, 0.25) is 0 Å². The van der Waals surface area contributed by atoms with E-state index in [4.69, 9.17) is 19.9 Å². The second-order valence-electron chi connectivity index (χ2n) is 9.26. The SMILES string of the molecule is NCCOCCOCCCS(=O)(=O)c1ccc(O[C@H]2c3ccccc3C[C@@H]2N2CCCCC2)cc1. The minimum Gasteiger partial charge on any atom is -0.484 e. The van der Waals surface area contributed by atoms with Crippen LogP contribution in [0.3, 0.4) is 0 Å². The van der Waals surface area contributed by atoms with Crippen molar-refractivity contribution in [3.8, 4) is 5.75 Å². The van der Waals surface area contributed by atoms with Crippen molar-refractivity contribution in [2.24, 2.45) is 5.73 Å². The van der Waals surface area contributed by atoms with Gasteiger partial charge in [0, 0.05) is 13.2 Å². The molecule has 2 aromatic carbocycles. The van der Waals surface area contributed by atoms with Crippen molar-refractivity contribution >= 4 is 9.84 Å². The molecule has 1 aliphatic heterocycles. The number of likely N-dealkylation sites (tertiary alicyclic amines) is 1. The first-order chi connectivity index (χ1) is 17.1. The lowest BCUT2D eigenvalue weighted by atomic mass is 10.0. The highest BCUT2D eigenvalue weighted by Crippen LogP contribution is 2.39. The van der Waals surface area contributed by atoms with Gasteiger partial charge in [-0.05, 0) is 74.2 Å². The van der Waals surface area contributed by atoms with Crippen LogP contribution < -0.4 is 10.5 Å². The van der Waals surface area contributed by atoms with Crippen LogP contribution in [0.1, 0.15) is 42.9 Å². The van der Waals surface area contributed by atoms with Crippen molar-refractivity contribution in [3.63, 3.8) is 0 Å². The first kappa shape index (κ1) is 26.1. The number of nitrogens with two attached hydrogens (primary N) is 1. The van der Waals surface area contributed by atoms with Gasteiger partial charge in [0.2, 0.25) is 0 Å². The van der Waals surface area contributed by atoms with Crippen molar-refractivity contribution < 1.29 is 22.6 Å². The van der Waals surface area contributed by atoms with Crippen molar-refractivity contribution in [2.45, 2.75) is 49.1 Å². The van der Waals surface area contributed by atoms with Gasteiger partial charge in [0.15, 0.2) is 9.84 Å². The topological polar surface area (TPSA) is 91.1 Å². The van der Waals surface area contributed by atoms with E-state index in [1.165, 1.54) is 30.4 Å². The average Bonchev–Trinajstić information content (AvgIpc) is 3.25. The molecule has 0 saturated carbocycles. The first-order valence-corrected chi connectivity index (χ1v) is 14.4. The van der Waals surface area contributed by atoms with Gasteiger partial charge >= 0.3 is 0 Å². The smallest absolute Gasteiger partial charge is 0.178 e. The highest BCUT2D eigenvalue weighted by atomic mass is 32.2. The van der Waals surface area contributed by atoms with Gasteiger partial charge in [-0.2, -0.15) is 0 Å². The number of fused-ring (bicyclic) bond motifs is 1. The Morgan fingerprint density at radius 3 is 2.34 bits per heavy atom.